The zero-order chi connectivity index (χ0) is 28.6. The zero-order valence-corrected chi connectivity index (χ0v) is 22.9. The minimum atomic E-state index is -1.00. The number of carboxylic acids is 1. The Hall–Kier alpha value is -4.09. The van der Waals surface area contributed by atoms with Gasteiger partial charge in [-0.15, -0.1) is 6.58 Å². The predicted octanol–water partition coefficient (Wildman–Crippen LogP) is 3.99. The molecule has 2 saturated heterocycles. The molecular weight excluding hydrogens is 536 g/mol. The van der Waals surface area contributed by atoms with E-state index < -0.39 is 17.1 Å². The van der Waals surface area contributed by atoms with Crippen molar-refractivity contribution in [1.82, 2.24) is 9.80 Å². The Morgan fingerprint density at radius 2 is 1.85 bits per heavy atom. The summed E-state index contributed by atoms with van der Waals surface area (Å²) in [6, 6.07) is 9.96. The number of hydrogen-bond donors (Lipinski definition) is 1. The zero-order valence-electron chi connectivity index (χ0n) is 22.1. The fraction of sp³-hybridized carbons (Fsp3) is 0.310. The van der Waals surface area contributed by atoms with Crippen LogP contribution in [0.4, 0.5) is 4.79 Å². The van der Waals surface area contributed by atoms with E-state index in [1.807, 2.05) is 13.0 Å². The van der Waals surface area contributed by atoms with Gasteiger partial charge in [-0.3, -0.25) is 19.3 Å². The Morgan fingerprint density at radius 3 is 2.50 bits per heavy atom. The third-order valence-electron chi connectivity index (χ3n) is 6.23. The molecule has 0 bridgehead atoms. The second-order valence-electron chi connectivity index (χ2n) is 8.98. The van der Waals surface area contributed by atoms with Gasteiger partial charge in [0.1, 0.15) is 13.2 Å². The van der Waals surface area contributed by atoms with Gasteiger partial charge in [0.2, 0.25) is 5.91 Å². The molecule has 0 aliphatic carbocycles. The average Bonchev–Trinajstić information content (AvgIpc) is 3.20. The largest absolute Gasteiger partial charge is 0.490 e. The molecule has 2 aliphatic rings. The number of thioether (sulfide) groups is 1. The van der Waals surface area contributed by atoms with Crippen molar-refractivity contribution in [3.05, 3.63) is 76.2 Å². The standard InChI is InChI=1S/C29H30N2O8S/c1-3-5-22-14-20(15-23(38-4-2)26(22)39-18-19-6-8-21(9-7-19)28(34)35)16-24-27(33)31(29(36)40-24)17-25(32)30-10-12-37-13-11-30/h3,6-9,14-16H,1,4-5,10-13,17-18H2,2H3,(H,34,35)/b24-16+. The van der Waals surface area contributed by atoms with Crippen LogP contribution in [0.1, 0.15) is 34.0 Å². The average molecular weight is 567 g/mol. The van der Waals surface area contributed by atoms with Gasteiger partial charge in [-0.25, -0.2) is 4.79 Å². The summed E-state index contributed by atoms with van der Waals surface area (Å²) in [7, 11) is 0. The van der Waals surface area contributed by atoms with Gasteiger partial charge >= 0.3 is 5.97 Å². The van der Waals surface area contributed by atoms with Crippen LogP contribution < -0.4 is 9.47 Å². The van der Waals surface area contributed by atoms with Crippen LogP contribution >= 0.6 is 11.8 Å². The van der Waals surface area contributed by atoms with Crippen molar-refractivity contribution in [1.29, 1.82) is 0 Å². The van der Waals surface area contributed by atoms with Gasteiger partial charge < -0.3 is 24.2 Å². The third-order valence-corrected chi connectivity index (χ3v) is 7.14. The van der Waals surface area contributed by atoms with E-state index in [9.17, 15) is 19.2 Å². The number of ether oxygens (including phenoxy) is 3. The Kier molecular flexibility index (Phi) is 9.62. The lowest BCUT2D eigenvalue weighted by Crippen LogP contribution is -2.46. The Bertz CT molecular complexity index is 1330. The molecule has 0 saturated carbocycles. The number of carbonyl (C=O) groups is 4. The molecule has 1 N–H and O–H groups in total. The quantitative estimate of drug-likeness (QED) is 0.318. The first-order valence-corrected chi connectivity index (χ1v) is 13.6. The van der Waals surface area contributed by atoms with Gasteiger partial charge in [0, 0.05) is 18.7 Å². The smallest absolute Gasteiger partial charge is 0.335 e. The van der Waals surface area contributed by atoms with E-state index in [0.29, 0.717) is 56.4 Å². The van der Waals surface area contributed by atoms with Gasteiger partial charge in [-0.05, 0) is 66.6 Å². The van der Waals surface area contributed by atoms with Crippen molar-refractivity contribution < 1.29 is 38.5 Å². The lowest BCUT2D eigenvalue weighted by Gasteiger charge is -2.28. The SMILES string of the molecule is C=CCc1cc(/C=C2/SC(=O)N(CC(=O)N3CCOCC3)C2=O)cc(OCC)c1OCc1ccc(C(=O)O)cc1. The molecule has 0 spiro atoms. The molecule has 0 unspecified atom stereocenters. The summed E-state index contributed by atoms with van der Waals surface area (Å²) < 4.78 is 17.2. The normalized spacial score (nSPS) is 16.4. The summed E-state index contributed by atoms with van der Waals surface area (Å²) in [6.45, 7) is 7.62. The topological polar surface area (TPSA) is 123 Å². The van der Waals surface area contributed by atoms with E-state index >= 15 is 0 Å². The van der Waals surface area contributed by atoms with Crippen molar-refractivity contribution in [3.8, 4) is 11.5 Å². The molecule has 4 rings (SSSR count). The first-order chi connectivity index (χ1) is 19.3. The molecule has 0 radical (unpaired) electrons. The number of carbonyl (C=O) groups excluding carboxylic acids is 3. The molecule has 2 aliphatic heterocycles. The van der Waals surface area contributed by atoms with Crippen molar-refractivity contribution in [3.63, 3.8) is 0 Å². The van der Waals surface area contributed by atoms with Crippen LogP contribution in [0.15, 0.2) is 54.0 Å². The highest BCUT2D eigenvalue weighted by molar-refractivity contribution is 8.18. The van der Waals surface area contributed by atoms with Crippen molar-refractivity contribution in [2.24, 2.45) is 0 Å². The molecule has 11 heteroatoms. The van der Waals surface area contributed by atoms with Gasteiger partial charge in [0.25, 0.3) is 11.1 Å². The lowest BCUT2D eigenvalue weighted by atomic mass is 10.0. The minimum Gasteiger partial charge on any atom is -0.490 e. The van der Waals surface area contributed by atoms with Crippen molar-refractivity contribution in [2.45, 2.75) is 20.0 Å². The first-order valence-electron chi connectivity index (χ1n) is 12.8. The second-order valence-corrected chi connectivity index (χ2v) is 9.98. The number of amides is 3. The number of imide groups is 1. The van der Waals surface area contributed by atoms with E-state index in [2.05, 4.69) is 6.58 Å². The highest BCUT2D eigenvalue weighted by Gasteiger charge is 2.37. The minimum absolute atomic E-state index is 0.180. The number of allylic oxidation sites excluding steroid dienone is 1. The lowest BCUT2D eigenvalue weighted by molar-refractivity contribution is -0.139. The number of nitrogens with zero attached hydrogens (tertiary/aromatic N) is 2. The third kappa shape index (κ3) is 6.91. The highest BCUT2D eigenvalue weighted by Crippen LogP contribution is 2.38. The Balaban J connectivity index is 1.55. The molecule has 0 atom stereocenters. The molecule has 210 valence electrons. The van der Waals surface area contributed by atoms with Crippen LogP contribution in [0, 0.1) is 0 Å². The molecule has 2 aromatic carbocycles. The van der Waals surface area contributed by atoms with Gasteiger partial charge in [0.05, 0.1) is 30.3 Å². The summed E-state index contributed by atoms with van der Waals surface area (Å²) in [5.41, 5.74) is 2.35. The van der Waals surface area contributed by atoms with Gasteiger partial charge in [-0.2, -0.15) is 0 Å². The molecular formula is C29H30N2O8S. The van der Waals surface area contributed by atoms with Crippen LogP contribution in [0.5, 0.6) is 11.5 Å². The fourth-order valence-corrected chi connectivity index (χ4v) is 5.07. The summed E-state index contributed by atoms with van der Waals surface area (Å²) in [5, 5.41) is 8.62. The summed E-state index contributed by atoms with van der Waals surface area (Å²) in [5.74, 6) is -0.860. The Labute approximate surface area is 236 Å². The number of rotatable bonds is 11. The molecule has 2 heterocycles. The van der Waals surface area contributed by atoms with Crippen LogP contribution in [-0.2, 0) is 27.4 Å². The number of hydrogen-bond acceptors (Lipinski definition) is 8. The monoisotopic (exact) mass is 566 g/mol. The van der Waals surface area contributed by atoms with E-state index in [1.54, 1.807) is 35.3 Å². The second kappa shape index (κ2) is 13.3. The summed E-state index contributed by atoms with van der Waals surface area (Å²) >= 11 is 0.788. The van der Waals surface area contributed by atoms with Crippen LogP contribution in [-0.4, -0.2) is 77.4 Å². The van der Waals surface area contributed by atoms with E-state index in [1.165, 1.54) is 12.1 Å². The van der Waals surface area contributed by atoms with Gasteiger partial charge in [0.15, 0.2) is 11.5 Å². The van der Waals surface area contributed by atoms with E-state index in [0.717, 1.165) is 27.8 Å². The molecule has 3 amide bonds. The predicted molar refractivity (Wildman–Crippen MR) is 149 cm³/mol. The van der Waals surface area contributed by atoms with E-state index in [4.69, 9.17) is 19.3 Å². The maximum absolute atomic E-state index is 13.1. The molecule has 40 heavy (non-hydrogen) atoms. The van der Waals surface area contributed by atoms with Crippen molar-refractivity contribution >= 4 is 40.9 Å². The molecule has 0 aromatic heterocycles. The molecule has 2 aromatic rings. The highest BCUT2D eigenvalue weighted by atomic mass is 32.2. The number of aromatic carboxylic acids is 1. The molecule has 2 fully saturated rings. The number of morpholine rings is 1. The maximum atomic E-state index is 13.1. The Morgan fingerprint density at radius 1 is 1.12 bits per heavy atom. The number of benzene rings is 2. The van der Waals surface area contributed by atoms with Crippen LogP contribution in [0.2, 0.25) is 0 Å². The van der Waals surface area contributed by atoms with E-state index in [-0.39, 0.29) is 29.5 Å². The summed E-state index contributed by atoms with van der Waals surface area (Å²) in [4.78, 5) is 52.2. The molecule has 10 nitrogen and oxygen atoms in total. The van der Waals surface area contributed by atoms with Crippen LogP contribution in [0.25, 0.3) is 6.08 Å². The first kappa shape index (κ1) is 28.9. The van der Waals surface area contributed by atoms with Gasteiger partial charge in [-0.1, -0.05) is 18.2 Å². The van der Waals surface area contributed by atoms with Crippen molar-refractivity contribution in [2.75, 3.05) is 39.5 Å². The fourth-order valence-electron chi connectivity index (χ4n) is 4.24. The summed E-state index contributed by atoms with van der Waals surface area (Å²) in [6.07, 6.45) is 3.77. The van der Waals surface area contributed by atoms with Crippen LogP contribution in [0.3, 0.4) is 0 Å². The maximum Gasteiger partial charge on any atom is 0.335 e. The number of carboxylic acid groups (broad SMARTS) is 1.